The van der Waals surface area contributed by atoms with E-state index in [1.807, 2.05) is 38.1 Å². The van der Waals surface area contributed by atoms with Gasteiger partial charge in [-0.05, 0) is 36.5 Å². The van der Waals surface area contributed by atoms with Crippen LogP contribution in [-0.2, 0) is 16.1 Å². The minimum Gasteiger partial charge on any atom is -0.449 e. The Hall–Kier alpha value is -2.42. The highest BCUT2D eigenvalue weighted by atomic mass is 79.9. The van der Waals surface area contributed by atoms with Crippen molar-refractivity contribution >= 4 is 33.9 Å². The van der Waals surface area contributed by atoms with Gasteiger partial charge in [-0.1, -0.05) is 41.9 Å². The fourth-order valence-corrected chi connectivity index (χ4v) is 3.34. The van der Waals surface area contributed by atoms with Crippen molar-refractivity contribution in [3.63, 3.8) is 0 Å². The fourth-order valence-electron chi connectivity index (χ4n) is 3.07. The van der Waals surface area contributed by atoms with Crippen molar-refractivity contribution in [2.45, 2.75) is 33.2 Å². The first-order valence-electron chi connectivity index (χ1n) is 9.77. The molecule has 29 heavy (non-hydrogen) atoms. The Kier molecular flexibility index (Phi) is 7.24. The van der Waals surface area contributed by atoms with E-state index in [4.69, 9.17) is 4.74 Å². The van der Waals surface area contributed by atoms with Crippen LogP contribution in [0.25, 0.3) is 0 Å². The summed E-state index contributed by atoms with van der Waals surface area (Å²) in [6.45, 7) is 6.01. The van der Waals surface area contributed by atoms with Crippen LogP contribution in [0, 0.1) is 11.8 Å². The molecule has 2 aromatic rings. The Labute approximate surface area is 178 Å². The quantitative estimate of drug-likeness (QED) is 0.707. The van der Waals surface area contributed by atoms with Gasteiger partial charge in [-0.2, -0.15) is 0 Å². The molecule has 3 rings (SSSR count). The maximum Gasteiger partial charge on any atom is 0.409 e. The van der Waals surface area contributed by atoms with Crippen molar-refractivity contribution in [1.29, 1.82) is 0 Å². The van der Waals surface area contributed by atoms with Crippen molar-refractivity contribution in [3.8, 4) is 0 Å². The van der Waals surface area contributed by atoms with Crippen molar-refractivity contribution in [2.24, 2.45) is 11.8 Å². The number of nitrogens with one attached hydrogen (secondary N) is 1. The van der Waals surface area contributed by atoms with E-state index < -0.39 is 0 Å². The van der Waals surface area contributed by atoms with Crippen LogP contribution in [0.15, 0.2) is 35.1 Å². The monoisotopic (exact) mass is 463 g/mol. The molecule has 2 amide bonds. The summed E-state index contributed by atoms with van der Waals surface area (Å²) in [5, 5.41) is 7.11. The molecule has 1 saturated heterocycles. The zero-order valence-corrected chi connectivity index (χ0v) is 18.3. The van der Waals surface area contributed by atoms with Gasteiger partial charge in [0, 0.05) is 23.5 Å². The third kappa shape index (κ3) is 6.28. The number of halogens is 1. The van der Waals surface area contributed by atoms with Crippen LogP contribution in [-0.4, -0.2) is 51.4 Å². The van der Waals surface area contributed by atoms with E-state index in [0.29, 0.717) is 50.9 Å². The SMILES string of the molecule is CC(C)COC(=O)N1CCC(C(=O)Nc2ncn(Cc3ccc(Br)cc3)n2)CC1. The van der Waals surface area contributed by atoms with Gasteiger partial charge in [-0.15, -0.1) is 5.10 Å². The van der Waals surface area contributed by atoms with E-state index in [-0.39, 0.29) is 17.9 Å². The number of aromatic nitrogens is 3. The average molecular weight is 464 g/mol. The topological polar surface area (TPSA) is 89.4 Å². The van der Waals surface area contributed by atoms with Crippen LogP contribution < -0.4 is 5.32 Å². The summed E-state index contributed by atoms with van der Waals surface area (Å²) in [6, 6.07) is 7.95. The van der Waals surface area contributed by atoms with E-state index in [0.717, 1.165) is 10.0 Å². The van der Waals surface area contributed by atoms with Gasteiger partial charge >= 0.3 is 6.09 Å². The third-order valence-electron chi connectivity index (χ3n) is 4.69. The number of benzene rings is 1. The van der Waals surface area contributed by atoms with Crippen LogP contribution in [0.5, 0.6) is 0 Å². The van der Waals surface area contributed by atoms with Gasteiger partial charge in [0.15, 0.2) is 0 Å². The largest absolute Gasteiger partial charge is 0.449 e. The molecule has 0 radical (unpaired) electrons. The highest BCUT2D eigenvalue weighted by Crippen LogP contribution is 2.19. The number of hydrogen-bond acceptors (Lipinski definition) is 5. The molecular weight excluding hydrogens is 438 g/mol. The number of likely N-dealkylation sites (tertiary alicyclic amines) is 1. The van der Waals surface area contributed by atoms with E-state index in [1.165, 1.54) is 0 Å². The Balaban J connectivity index is 1.46. The third-order valence-corrected chi connectivity index (χ3v) is 5.22. The van der Waals surface area contributed by atoms with E-state index >= 15 is 0 Å². The molecule has 0 spiro atoms. The number of piperidine rings is 1. The number of anilines is 1. The molecule has 2 heterocycles. The minimum atomic E-state index is -0.300. The lowest BCUT2D eigenvalue weighted by Crippen LogP contribution is -2.42. The van der Waals surface area contributed by atoms with Gasteiger partial charge in [0.1, 0.15) is 6.33 Å². The van der Waals surface area contributed by atoms with Crippen LogP contribution in [0.4, 0.5) is 10.7 Å². The summed E-state index contributed by atoms with van der Waals surface area (Å²) >= 11 is 3.41. The first-order valence-corrected chi connectivity index (χ1v) is 10.6. The lowest BCUT2D eigenvalue weighted by atomic mass is 9.96. The van der Waals surface area contributed by atoms with E-state index in [2.05, 4.69) is 31.3 Å². The van der Waals surface area contributed by atoms with Crippen molar-refractivity contribution in [3.05, 3.63) is 40.6 Å². The van der Waals surface area contributed by atoms with Gasteiger partial charge in [-0.3, -0.25) is 10.1 Å². The molecule has 0 unspecified atom stereocenters. The summed E-state index contributed by atoms with van der Waals surface area (Å²) in [5.41, 5.74) is 1.09. The van der Waals surface area contributed by atoms with Crippen LogP contribution in [0.1, 0.15) is 32.3 Å². The van der Waals surface area contributed by atoms with Crippen molar-refractivity contribution in [1.82, 2.24) is 19.7 Å². The lowest BCUT2D eigenvalue weighted by Gasteiger charge is -2.30. The Bertz CT molecular complexity index is 829. The number of ether oxygens (including phenoxy) is 1. The second kappa shape index (κ2) is 9.87. The van der Waals surface area contributed by atoms with Gasteiger partial charge in [-0.25, -0.2) is 14.5 Å². The second-order valence-corrected chi connectivity index (χ2v) is 8.53. The van der Waals surface area contributed by atoms with Crippen molar-refractivity contribution < 1.29 is 14.3 Å². The number of nitrogens with zero attached hydrogens (tertiary/aromatic N) is 4. The molecule has 1 aromatic heterocycles. The number of rotatable bonds is 6. The molecular formula is C20H26BrN5O3. The standard InChI is InChI=1S/C20H26BrN5O3/c1-14(2)12-29-20(28)25-9-7-16(8-10-25)18(27)23-19-22-13-26(24-19)11-15-3-5-17(21)6-4-15/h3-6,13-14,16H,7-12H2,1-2H3,(H,23,24,27). The van der Waals surface area contributed by atoms with Crippen LogP contribution in [0.3, 0.4) is 0 Å². The van der Waals surface area contributed by atoms with Gasteiger partial charge in [0.25, 0.3) is 0 Å². The molecule has 1 N–H and O–H groups in total. The number of hydrogen-bond donors (Lipinski definition) is 1. The van der Waals surface area contributed by atoms with E-state index in [1.54, 1.807) is 15.9 Å². The Morgan fingerprint density at radius 2 is 1.93 bits per heavy atom. The highest BCUT2D eigenvalue weighted by Gasteiger charge is 2.28. The normalized spacial score (nSPS) is 14.8. The number of amides is 2. The summed E-state index contributed by atoms with van der Waals surface area (Å²) in [6.07, 6.45) is 2.50. The second-order valence-electron chi connectivity index (χ2n) is 7.61. The molecule has 0 bridgehead atoms. The van der Waals surface area contributed by atoms with Gasteiger partial charge in [0.2, 0.25) is 11.9 Å². The predicted molar refractivity (Wildman–Crippen MR) is 112 cm³/mol. The molecule has 1 fully saturated rings. The summed E-state index contributed by atoms with van der Waals surface area (Å²) in [5.74, 6) is 0.327. The fraction of sp³-hybridized carbons (Fsp3) is 0.500. The van der Waals surface area contributed by atoms with Crippen LogP contribution >= 0.6 is 15.9 Å². The summed E-state index contributed by atoms with van der Waals surface area (Å²) < 4.78 is 7.96. The Morgan fingerprint density at radius 1 is 1.24 bits per heavy atom. The summed E-state index contributed by atoms with van der Waals surface area (Å²) in [4.78, 5) is 30.4. The molecule has 9 heteroatoms. The average Bonchev–Trinajstić information content (AvgIpc) is 3.14. The van der Waals surface area contributed by atoms with Gasteiger partial charge in [0.05, 0.1) is 13.2 Å². The lowest BCUT2D eigenvalue weighted by molar-refractivity contribution is -0.121. The molecule has 8 nitrogen and oxygen atoms in total. The predicted octanol–water partition coefficient (Wildman–Crippen LogP) is 3.53. The maximum absolute atomic E-state index is 12.5. The molecule has 1 aliphatic rings. The summed E-state index contributed by atoms with van der Waals surface area (Å²) in [7, 11) is 0. The first kappa shape index (κ1) is 21.3. The van der Waals surface area contributed by atoms with Crippen molar-refractivity contribution in [2.75, 3.05) is 25.0 Å². The van der Waals surface area contributed by atoms with E-state index in [9.17, 15) is 9.59 Å². The smallest absolute Gasteiger partial charge is 0.409 e. The Morgan fingerprint density at radius 3 is 2.59 bits per heavy atom. The highest BCUT2D eigenvalue weighted by molar-refractivity contribution is 9.10. The molecule has 0 aliphatic carbocycles. The molecule has 0 atom stereocenters. The van der Waals surface area contributed by atoms with Gasteiger partial charge < -0.3 is 9.64 Å². The molecule has 0 saturated carbocycles. The number of carbonyl (C=O) groups is 2. The molecule has 1 aromatic carbocycles. The number of carbonyl (C=O) groups excluding carboxylic acids is 2. The first-order chi connectivity index (χ1) is 13.9. The zero-order valence-electron chi connectivity index (χ0n) is 16.7. The minimum absolute atomic E-state index is 0.110. The van der Waals surface area contributed by atoms with Crippen LogP contribution in [0.2, 0.25) is 0 Å². The zero-order chi connectivity index (χ0) is 20.8. The maximum atomic E-state index is 12.5. The molecule has 1 aliphatic heterocycles. The molecule has 156 valence electrons.